The molecule has 0 saturated heterocycles. The molecule has 3 aliphatic carbocycles. The zero-order valence-corrected chi connectivity index (χ0v) is 7.30. The summed E-state index contributed by atoms with van der Waals surface area (Å²) >= 11 is 0. The minimum absolute atomic E-state index is 0.991. The monoisotopic (exact) mass is 140 g/mol. The van der Waals surface area contributed by atoms with Crippen LogP contribution in [0.4, 0.5) is 0 Å². The summed E-state index contributed by atoms with van der Waals surface area (Å²) in [5.74, 6) is 2.21. The van der Waals surface area contributed by atoms with Gasteiger partial charge >= 0.3 is 0 Å². The van der Waals surface area contributed by atoms with Crippen LogP contribution in [-0.2, 0) is 0 Å². The van der Waals surface area contributed by atoms with E-state index < -0.39 is 0 Å². The zero-order valence-electron chi connectivity index (χ0n) is 7.30. The Morgan fingerprint density at radius 2 is 1.60 bits per heavy atom. The van der Waals surface area contributed by atoms with E-state index in [9.17, 15) is 0 Å². The van der Waals surface area contributed by atoms with Crippen molar-refractivity contribution in [2.24, 2.45) is 11.8 Å². The highest BCUT2D eigenvalue weighted by atomic mass is 15.3. The van der Waals surface area contributed by atoms with Gasteiger partial charge in [0.25, 0.3) is 0 Å². The molecule has 0 aliphatic heterocycles. The predicted molar refractivity (Wildman–Crippen MR) is 42.7 cm³/mol. The predicted octanol–water partition coefficient (Wildman–Crippen LogP) is 1.49. The molecule has 2 bridgehead atoms. The van der Waals surface area contributed by atoms with E-state index in [1.165, 1.54) is 10.9 Å². The molecule has 0 aromatic rings. The van der Waals surface area contributed by atoms with Crippen molar-refractivity contribution in [2.45, 2.75) is 25.3 Å². The fourth-order valence-corrected chi connectivity index (χ4v) is 2.78. The Bertz CT molecular complexity index is 139. The summed E-state index contributed by atoms with van der Waals surface area (Å²) in [4.78, 5) is 0. The molecule has 1 nitrogen and oxygen atoms in total. The SMILES string of the molecule is C[N+](C)(C)[C@@H]1CC2CC1C2. The Labute approximate surface area is 63.6 Å². The molecule has 0 unspecified atom stereocenters. The number of fused-ring (bicyclic) bond motifs is 1. The number of hydrogen-bond acceptors (Lipinski definition) is 0. The van der Waals surface area contributed by atoms with Crippen LogP contribution in [-0.4, -0.2) is 31.7 Å². The molecule has 1 heteroatoms. The van der Waals surface area contributed by atoms with Crippen molar-refractivity contribution in [3.05, 3.63) is 0 Å². The molecule has 0 spiro atoms. The van der Waals surface area contributed by atoms with E-state index in [0.717, 1.165) is 17.9 Å². The van der Waals surface area contributed by atoms with Crippen LogP contribution >= 0.6 is 0 Å². The van der Waals surface area contributed by atoms with Crippen LogP contribution < -0.4 is 0 Å². The van der Waals surface area contributed by atoms with Crippen LogP contribution in [0.5, 0.6) is 0 Å². The molecule has 58 valence electrons. The molecule has 0 radical (unpaired) electrons. The molecule has 0 amide bonds. The highest BCUT2D eigenvalue weighted by molar-refractivity contribution is 4.95. The van der Waals surface area contributed by atoms with Gasteiger partial charge in [0.15, 0.2) is 0 Å². The molecule has 1 atom stereocenters. The Morgan fingerprint density at radius 1 is 1.00 bits per heavy atom. The molecule has 0 aromatic carbocycles. The van der Waals surface area contributed by atoms with E-state index in [0.29, 0.717) is 0 Å². The largest absolute Gasteiger partial charge is 0.328 e. The maximum Gasteiger partial charge on any atom is 0.0915 e. The summed E-state index contributed by atoms with van der Waals surface area (Å²) in [5, 5.41) is 0. The van der Waals surface area contributed by atoms with Crippen LogP contribution in [0.2, 0.25) is 0 Å². The van der Waals surface area contributed by atoms with Gasteiger partial charge in [0.05, 0.1) is 27.2 Å². The Kier molecular flexibility index (Phi) is 1.17. The van der Waals surface area contributed by atoms with Gasteiger partial charge in [-0.2, -0.15) is 0 Å². The van der Waals surface area contributed by atoms with Crippen LogP contribution in [0.1, 0.15) is 19.3 Å². The topological polar surface area (TPSA) is 0 Å². The maximum atomic E-state index is 2.34. The van der Waals surface area contributed by atoms with Crippen molar-refractivity contribution in [3.8, 4) is 0 Å². The van der Waals surface area contributed by atoms with Crippen molar-refractivity contribution in [1.29, 1.82) is 0 Å². The first-order valence-electron chi connectivity index (χ1n) is 4.38. The number of quaternary nitrogens is 1. The molecule has 0 heterocycles. The van der Waals surface area contributed by atoms with Crippen LogP contribution in [0.3, 0.4) is 0 Å². The minimum atomic E-state index is 0.991. The average Bonchev–Trinajstić information content (AvgIpc) is 2.07. The van der Waals surface area contributed by atoms with Crippen molar-refractivity contribution < 1.29 is 4.48 Å². The van der Waals surface area contributed by atoms with E-state index in [4.69, 9.17) is 0 Å². The van der Waals surface area contributed by atoms with Crippen molar-refractivity contribution >= 4 is 0 Å². The second-order valence-corrected chi connectivity index (χ2v) is 5.02. The van der Waals surface area contributed by atoms with E-state index in [1.807, 2.05) is 0 Å². The van der Waals surface area contributed by atoms with Gasteiger partial charge in [0.1, 0.15) is 0 Å². The van der Waals surface area contributed by atoms with Crippen LogP contribution in [0.25, 0.3) is 0 Å². The van der Waals surface area contributed by atoms with Crippen molar-refractivity contribution in [3.63, 3.8) is 0 Å². The highest BCUT2D eigenvalue weighted by Gasteiger charge is 2.50. The molecule has 3 fully saturated rings. The molecular weight excluding hydrogens is 122 g/mol. The molecule has 3 aliphatic rings. The molecule has 10 heavy (non-hydrogen) atoms. The maximum absolute atomic E-state index is 2.34. The van der Waals surface area contributed by atoms with Gasteiger partial charge in [-0.25, -0.2) is 0 Å². The summed E-state index contributed by atoms with van der Waals surface area (Å²) in [6.45, 7) is 0. The van der Waals surface area contributed by atoms with Gasteiger partial charge < -0.3 is 4.48 Å². The smallest absolute Gasteiger partial charge is 0.0915 e. The summed E-state index contributed by atoms with van der Waals surface area (Å²) in [5.41, 5.74) is 0. The first-order valence-corrected chi connectivity index (χ1v) is 4.38. The normalized spacial score (nSPS) is 45.3. The number of nitrogens with zero attached hydrogens (tertiary/aromatic N) is 1. The zero-order chi connectivity index (χ0) is 7.35. The van der Waals surface area contributed by atoms with Gasteiger partial charge in [-0.05, 0) is 18.8 Å². The van der Waals surface area contributed by atoms with Gasteiger partial charge in [-0.1, -0.05) is 0 Å². The third-order valence-corrected chi connectivity index (χ3v) is 3.39. The second-order valence-electron chi connectivity index (χ2n) is 5.02. The Balaban J connectivity index is 2.07. The molecule has 3 saturated carbocycles. The third kappa shape index (κ3) is 0.800. The first kappa shape index (κ1) is 6.66. The lowest BCUT2D eigenvalue weighted by atomic mass is 9.83. The van der Waals surface area contributed by atoms with Crippen molar-refractivity contribution in [1.82, 2.24) is 0 Å². The van der Waals surface area contributed by atoms with Gasteiger partial charge in [-0.15, -0.1) is 0 Å². The number of hydrogen-bond donors (Lipinski definition) is 0. The lowest BCUT2D eigenvalue weighted by Gasteiger charge is -2.34. The Hall–Kier alpha value is -0.0400. The number of rotatable bonds is 1. The third-order valence-electron chi connectivity index (χ3n) is 3.39. The molecule has 0 aromatic heterocycles. The lowest BCUT2D eigenvalue weighted by molar-refractivity contribution is -0.897. The average molecular weight is 140 g/mol. The van der Waals surface area contributed by atoms with E-state index in [-0.39, 0.29) is 0 Å². The quantitative estimate of drug-likeness (QED) is 0.484. The fraction of sp³-hybridized carbons (Fsp3) is 1.00. The van der Waals surface area contributed by atoms with Crippen LogP contribution in [0.15, 0.2) is 0 Å². The standard InChI is InChI=1S/C9H18N/c1-10(2,3)9-6-7-4-8(9)5-7/h7-9H,4-6H2,1-3H3/q+1/t7?,8?,9-/m1/s1. The highest BCUT2D eigenvalue weighted by Crippen LogP contribution is 2.51. The molecule has 3 rings (SSSR count). The first-order chi connectivity index (χ1) is 4.57. The minimum Gasteiger partial charge on any atom is -0.328 e. The van der Waals surface area contributed by atoms with Crippen LogP contribution in [0, 0.1) is 11.8 Å². The summed E-state index contributed by atoms with van der Waals surface area (Å²) in [7, 11) is 7.02. The van der Waals surface area contributed by atoms with Crippen molar-refractivity contribution in [2.75, 3.05) is 21.1 Å². The molecular formula is C9H18N+. The van der Waals surface area contributed by atoms with Gasteiger partial charge in [0.2, 0.25) is 0 Å². The fourth-order valence-electron chi connectivity index (χ4n) is 2.78. The van der Waals surface area contributed by atoms with E-state index in [1.54, 1.807) is 12.8 Å². The van der Waals surface area contributed by atoms with Gasteiger partial charge in [0, 0.05) is 12.3 Å². The summed E-state index contributed by atoms with van der Waals surface area (Å²) in [6.07, 6.45) is 4.59. The second kappa shape index (κ2) is 1.76. The van der Waals surface area contributed by atoms with E-state index in [2.05, 4.69) is 21.1 Å². The van der Waals surface area contributed by atoms with Gasteiger partial charge in [-0.3, -0.25) is 0 Å². The Morgan fingerprint density at radius 3 is 1.80 bits per heavy atom. The lowest BCUT2D eigenvalue weighted by Crippen LogP contribution is -2.46. The summed E-state index contributed by atoms with van der Waals surface area (Å²) < 4.78 is 1.20. The molecule has 0 N–H and O–H groups in total. The summed E-state index contributed by atoms with van der Waals surface area (Å²) in [6, 6.07) is 0.991. The van der Waals surface area contributed by atoms with E-state index >= 15 is 0 Å².